The molecular formula is C15H15N3O3. The van der Waals surface area contributed by atoms with E-state index >= 15 is 0 Å². The smallest absolute Gasteiger partial charge is 0.354 e. The lowest BCUT2D eigenvalue weighted by molar-refractivity contribution is 0.0690. The van der Waals surface area contributed by atoms with Gasteiger partial charge in [-0.3, -0.25) is 4.79 Å². The van der Waals surface area contributed by atoms with Crippen molar-refractivity contribution >= 4 is 17.6 Å². The topological polar surface area (TPSA) is 91.3 Å². The SMILES string of the molecule is CNCc1ccccc1NC(=O)c1ccc(C(=O)O)nc1. The molecule has 1 aromatic heterocycles. The number of rotatable bonds is 5. The van der Waals surface area contributed by atoms with Gasteiger partial charge in [-0.05, 0) is 30.8 Å². The van der Waals surface area contributed by atoms with Crippen LogP contribution in [-0.2, 0) is 6.54 Å². The summed E-state index contributed by atoms with van der Waals surface area (Å²) >= 11 is 0. The van der Waals surface area contributed by atoms with Crippen molar-refractivity contribution in [1.82, 2.24) is 10.3 Å². The van der Waals surface area contributed by atoms with Crippen LogP contribution in [0.2, 0.25) is 0 Å². The normalized spacial score (nSPS) is 10.1. The molecule has 0 spiro atoms. The van der Waals surface area contributed by atoms with Crippen LogP contribution in [0.5, 0.6) is 0 Å². The number of carboxylic acid groups (broad SMARTS) is 1. The fraction of sp³-hybridized carbons (Fsp3) is 0.133. The van der Waals surface area contributed by atoms with E-state index in [0.29, 0.717) is 17.8 Å². The Morgan fingerprint density at radius 1 is 1.19 bits per heavy atom. The first kappa shape index (κ1) is 14.7. The first-order valence-corrected chi connectivity index (χ1v) is 6.35. The summed E-state index contributed by atoms with van der Waals surface area (Å²) in [6.07, 6.45) is 1.25. The van der Waals surface area contributed by atoms with Crippen LogP contribution in [0.25, 0.3) is 0 Å². The highest BCUT2D eigenvalue weighted by atomic mass is 16.4. The lowest BCUT2D eigenvalue weighted by Gasteiger charge is -2.10. The van der Waals surface area contributed by atoms with Gasteiger partial charge in [0.25, 0.3) is 5.91 Å². The van der Waals surface area contributed by atoms with Crippen LogP contribution >= 0.6 is 0 Å². The van der Waals surface area contributed by atoms with Crippen molar-refractivity contribution < 1.29 is 14.7 Å². The first-order valence-electron chi connectivity index (χ1n) is 6.35. The molecule has 1 aromatic carbocycles. The van der Waals surface area contributed by atoms with Crippen LogP contribution in [0, 0.1) is 0 Å². The first-order chi connectivity index (χ1) is 10.1. The predicted molar refractivity (Wildman–Crippen MR) is 78.4 cm³/mol. The molecule has 3 N–H and O–H groups in total. The molecule has 108 valence electrons. The van der Waals surface area contributed by atoms with Crippen molar-refractivity contribution in [3.63, 3.8) is 0 Å². The van der Waals surface area contributed by atoms with E-state index in [0.717, 1.165) is 5.56 Å². The van der Waals surface area contributed by atoms with Gasteiger partial charge < -0.3 is 15.7 Å². The number of carbonyl (C=O) groups is 2. The minimum atomic E-state index is -1.12. The number of anilines is 1. The lowest BCUT2D eigenvalue weighted by atomic mass is 10.1. The number of carbonyl (C=O) groups excluding carboxylic acids is 1. The van der Waals surface area contributed by atoms with Gasteiger partial charge in [0.15, 0.2) is 0 Å². The van der Waals surface area contributed by atoms with Gasteiger partial charge in [0.05, 0.1) is 5.56 Å². The zero-order valence-corrected chi connectivity index (χ0v) is 11.5. The largest absolute Gasteiger partial charge is 0.477 e. The van der Waals surface area contributed by atoms with E-state index in [4.69, 9.17) is 5.11 Å². The molecule has 6 heteroatoms. The van der Waals surface area contributed by atoms with Gasteiger partial charge in [0.2, 0.25) is 0 Å². The average Bonchev–Trinajstić information content (AvgIpc) is 2.49. The van der Waals surface area contributed by atoms with Gasteiger partial charge in [-0.25, -0.2) is 9.78 Å². The number of para-hydroxylation sites is 1. The van der Waals surface area contributed by atoms with Crippen molar-refractivity contribution in [2.24, 2.45) is 0 Å². The summed E-state index contributed by atoms with van der Waals surface area (Å²) in [6, 6.07) is 10.2. The molecule has 0 aliphatic rings. The summed E-state index contributed by atoms with van der Waals surface area (Å²) in [5.74, 6) is -1.45. The third-order valence-corrected chi connectivity index (χ3v) is 2.88. The molecule has 0 aliphatic heterocycles. The van der Waals surface area contributed by atoms with Gasteiger partial charge in [-0.1, -0.05) is 18.2 Å². The molecule has 0 unspecified atom stereocenters. The van der Waals surface area contributed by atoms with E-state index in [1.54, 1.807) is 0 Å². The molecule has 0 atom stereocenters. The molecule has 1 heterocycles. The molecule has 0 aliphatic carbocycles. The predicted octanol–water partition coefficient (Wildman–Crippen LogP) is 1.75. The molecule has 6 nitrogen and oxygen atoms in total. The number of nitrogens with one attached hydrogen (secondary N) is 2. The van der Waals surface area contributed by atoms with Gasteiger partial charge in [-0.2, -0.15) is 0 Å². The van der Waals surface area contributed by atoms with E-state index in [2.05, 4.69) is 15.6 Å². The molecule has 0 radical (unpaired) electrons. The fourth-order valence-electron chi connectivity index (χ4n) is 1.84. The fourth-order valence-corrected chi connectivity index (χ4v) is 1.84. The van der Waals surface area contributed by atoms with Gasteiger partial charge in [0.1, 0.15) is 5.69 Å². The third-order valence-electron chi connectivity index (χ3n) is 2.88. The van der Waals surface area contributed by atoms with E-state index in [-0.39, 0.29) is 11.6 Å². The highest BCUT2D eigenvalue weighted by Gasteiger charge is 2.11. The molecule has 0 fully saturated rings. The Balaban J connectivity index is 2.16. The summed E-state index contributed by atoms with van der Waals surface area (Å²) in [5.41, 5.74) is 1.88. The maximum absolute atomic E-state index is 12.1. The zero-order valence-electron chi connectivity index (χ0n) is 11.5. The van der Waals surface area contributed by atoms with Crippen LogP contribution in [0.3, 0.4) is 0 Å². The van der Waals surface area contributed by atoms with Gasteiger partial charge in [-0.15, -0.1) is 0 Å². The Labute approximate surface area is 121 Å². The third kappa shape index (κ3) is 3.64. The van der Waals surface area contributed by atoms with Gasteiger partial charge in [0, 0.05) is 18.4 Å². The second-order valence-electron chi connectivity index (χ2n) is 4.38. The number of nitrogens with zero attached hydrogens (tertiary/aromatic N) is 1. The second-order valence-corrected chi connectivity index (χ2v) is 4.38. The number of amides is 1. The van der Waals surface area contributed by atoms with E-state index in [9.17, 15) is 9.59 Å². The van der Waals surface area contributed by atoms with Crippen molar-refractivity contribution in [3.8, 4) is 0 Å². The van der Waals surface area contributed by atoms with Crippen molar-refractivity contribution in [3.05, 3.63) is 59.4 Å². The average molecular weight is 285 g/mol. The Bertz CT molecular complexity index is 653. The number of hydrogen-bond donors (Lipinski definition) is 3. The Kier molecular flexibility index (Phi) is 4.63. The van der Waals surface area contributed by atoms with E-state index < -0.39 is 5.97 Å². The molecule has 2 rings (SSSR count). The Morgan fingerprint density at radius 3 is 2.57 bits per heavy atom. The minimum Gasteiger partial charge on any atom is -0.477 e. The quantitative estimate of drug-likeness (QED) is 0.778. The number of benzene rings is 1. The summed E-state index contributed by atoms with van der Waals surface area (Å²) in [6.45, 7) is 0.632. The lowest BCUT2D eigenvalue weighted by Crippen LogP contribution is -2.16. The Hall–Kier alpha value is -2.73. The van der Waals surface area contributed by atoms with Crippen LogP contribution in [0.1, 0.15) is 26.4 Å². The molecule has 0 bridgehead atoms. The summed E-state index contributed by atoms with van der Waals surface area (Å²) < 4.78 is 0. The maximum atomic E-state index is 12.1. The van der Waals surface area contributed by atoms with Crippen LogP contribution < -0.4 is 10.6 Å². The zero-order chi connectivity index (χ0) is 15.2. The number of carboxylic acids is 1. The van der Waals surface area contributed by atoms with Crippen LogP contribution in [0.15, 0.2) is 42.6 Å². The summed E-state index contributed by atoms with van der Waals surface area (Å²) in [4.78, 5) is 26.6. The molecule has 0 saturated heterocycles. The van der Waals surface area contributed by atoms with Gasteiger partial charge >= 0.3 is 5.97 Å². The summed E-state index contributed by atoms with van der Waals surface area (Å²) in [5, 5.41) is 14.6. The second kappa shape index (κ2) is 6.62. The highest BCUT2D eigenvalue weighted by molar-refractivity contribution is 6.04. The molecular weight excluding hydrogens is 270 g/mol. The molecule has 1 amide bonds. The van der Waals surface area contributed by atoms with E-state index in [1.165, 1.54) is 18.3 Å². The maximum Gasteiger partial charge on any atom is 0.354 e. The Morgan fingerprint density at radius 2 is 1.95 bits per heavy atom. The van der Waals surface area contributed by atoms with Crippen molar-refractivity contribution in [2.75, 3.05) is 12.4 Å². The standard InChI is InChI=1S/C15H15N3O3/c1-16-8-10-4-2-3-5-12(10)18-14(19)11-6-7-13(15(20)21)17-9-11/h2-7,9,16H,8H2,1H3,(H,18,19)(H,20,21). The molecule has 0 saturated carbocycles. The van der Waals surface area contributed by atoms with Crippen molar-refractivity contribution in [2.45, 2.75) is 6.54 Å². The highest BCUT2D eigenvalue weighted by Crippen LogP contribution is 2.16. The number of aromatic nitrogens is 1. The number of aromatic carboxylic acids is 1. The monoisotopic (exact) mass is 285 g/mol. The number of pyridine rings is 1. The molecule has 2 aromatic rings. The van der Waals surface area contributed by atoms with E-state index in [1.807, 2.05) is 31.3 Å². The van der Waals surface area contributed by atoms with Crippen LogP contribution in [-0.4, -0.2) is 29.0 Å². The van der Waals surface area contributed by atoms with Crippen molar-refractivity contribution in [1.29, 1.82) is 0 Å². The van der Waals surface area contributed by atoms with Crippen LogP contribution in [0.4, 0.5) is 5.69 Å². The molecule has 21 heavy (non-hydrogen) atoms. The summed E-state index contributed by atoms with van der Waals surface area (Å²) in [7, 11) is 1.83. The number of hydrogen-bond acceptors (Lipinski definition) is 4. The minimum absolute atomic E-state index is 0.0952.